The molecule has 0 bridgehead atoms. The van der Waals surface area contributed by atoms with Crippen molar-refractivity contribution in [3.8, 4) is 0 Å². The first-order chi connectivity index (χ1) is 8.70. The molecule has 0 spiro atoms. The average Bonchev–Trinajstić information content (AvgIpc) is 2.65. The summed E-state index contributed by atoms with van der Waals surface area (Å²) in [5.41, 5.74) is 0.866. The average molecular weight is 282 g/mol. The maximum atomic E-state index is 11.8. The Labute approximate surface area is 113 Å². The van der Waals surface area contributed by atoms with Crippen LogP contribution in [0.3, 0.4) is 0 Å². The maximum absolute atomic E-state index is 11.8. The monoisotopic (exact) mass is 281 g/mol. The summed E-state index contributed by atoms with van der Waals surface area (Å²) in [5, 5.41) is 7.33. The lowest BCUT2D eigenvalue weighted by Gasteiger charge is -2.25. The van der Waals surface area contributed by atoms with Gasteiger partial charge in [-0.2, -0.15) is 0 Å². The van der Waals surface area contributed by atoms with Crippen LogP contribution in [0, 0.1) is 5.92 Å². The Morgan fingerprint density at radius 1 is 1.56 bits per heavy atom. The third-order valence-corrected chi connectivity index (χ3v) is 4.11. The topological polar surface area (TPSA) is 54.0 Å². The van der Waals surface area contributed by atoms with Gasteiger partial charge in [0.1, 0.15) is 0 Å². The normalized spacial score (nSPS) is 15.6. The second-order valence-corrected chi connectivity index (χ2v) is 5.87. The highest BCUT2D eigenvalue weighted by Crippen LogP contribution is 2.28. The van der Waals surface area contributed by atoms with Crippen LogP contribution < -0.4 is 10.6 Å². The number of thiazole rings is 1. The third kappa shape index (κ3) is 2.48. The molecule has 2 aromatic rings. The van der Waals surface area contributed by atoms with Crippen molar-refractivity contribution in [1.29, 1.82) is 0 Å². The van der Waals surface area contributed by atoms with Gasteiger partial charge in [0.05, 0.1) is 10.2 Å². The number of rotatable bonds is 3. The molecule has 1 aliphatic heterocycles. The molecule has 1 fully saturated rings. The minimum Gasteiger partial charge on any atom is -0.316 e. The lowest BCUT2D eigenvalue weighted by atomic mass is 9.99. The van der Waals surface area contributed by atoms with Gasteiger partial charge in [-0.05, 0) is 37.2 Å². The van der Waals surface area contributed by atoms with Crippen molar-refractivity contribution < 1.29 is 4.79 Å². The second-order valence-electron chi connectivity index (χ2n) is 4.41. The first kappa shape index (κ1) is 11.9. The highest BCUT2D eigenvalue weighted by atomic mass is 35.5. The van der Waals surface area contributed by atoms with Crippen LogP contribution in [0.25, 0.3) is 10.2 Å². The first-order valence-corrected chi connectivity index (χ1v) is 6.97. The molecule has 1 aromatic carbocycles. The number of aromatic nitrogens is 1. The molecule has 0 atom stereocenters. The number of carbonyl (C=O) groups is 1. The van der Waals surface area contributed by atoms with Crippen molar-refractivity contribution in [2.75, 3.05) is 18.4 Å². The van der Waals surface area contributed by atoms with Crippen molar-refractivity contribution in [3.63, 3.8) is 0 Å². The summed E-state index contributed by atoms with van der Waals surface area (Å²) in [5.74, 6) is 0.500. The molecule has 0 saturated carbocycles. The number of hydrogen-bond acceptors (Lipinski definition) is 4. The molecule has 2 N–H and O–H groups in total. The molecule has 1 aliphatic rings. The molecule has 6 heteroatoms. The number of nitrogens with one attached hydrogen (secondary N) is 2. The number of anilines is 1. The van der Waals surface area contributed by atoms with Crippen molar-refractivity contribution in [1.82, 2.24) is 10.3 Å². The smallest absolute Gasteiger partial charge is 0.226 e. The van der Waals surface area contributed by atoms with Gasteiger partial charge < -0.3 is 10.6 Å². The van der Waals surface area contributed by atoms with Crippen molar-refractivity contribution in [2.24, 2.45) is 5.92 Å². The fourth-order valence-corrected chi connectivity index (χ4v) is 3.04. The van der Waals surface area contributed by atoms with Crippen LogP contribution in [-0.2, 0) is 4.79 Å². The second kappa shape index (κ2) is 4.84. The van der Waals surface area contributed by atoms with E-state index in [9.17, 15) is 4.79 Å². The Hall–Kier alpha value is -1.17. The van der Waals surface area contributed by atoms with Crippen molar-refractivity contribution >= 4 is 44.2 Å². The van der Waals surface area contributed by atoms with Crippen LogP contribution in [0.15, 0.2) is 18.2 Å². The quantitative estimate of drug-likeness (QED) is 0.909. The zero-order valence-electron chi connectivity index (χ0n) is 9.57. The Kier molecular flexibility index (Phi) is 3.20. The van der Waals surface area contributed by atoms with Crippen molar-refractivity contribution in [3.05, 3.63) is 23.2 Å². The number of fused-ring (bicyclic) bond motifs is 1. The van der Waals surface area contributed by atoms with E-state index in [0.29, 0.717) is 22.5 Å². The van der Waals surface area contributed by atoms with Crippen LogP contribution in [0.4, 0.5) is 5.13 Å². The van der Waals surface area contributed by atoms with E-state index in [1.165, 1.54) is 11.3 Å². The zero-order chi connectivity index (χ0) is 12.5. The van der Waals surface area contributed by atoms with Gasteiger partial charge in [-0.25, -0.2) is 4.98 Å². The lowest BCUT2D eigenvalue weighted by molar-refractivity contribution is -0.117. The van der Waals surface area contributed by atoms with E-state index in [-0.39, 0.29) is 5.91 Å². The van der Waals surface area contributed by atoms with Gasteiger partial charge in [-0.3, -0.25) is 4.79 Å². The number of benzene rings is 1. The molecule has 1 amide bonds. The van der Waals surface area contributed by atoms with Crippen LogP contribution in [0.1, 0.15) is 6.42 Å². The number of carbonyl (C=O) groups excluding carboxylic acids is 1. The molecule has 94 valence electrons. The summed E-state index contributed by atoms with van der Waals surface area (Å²) in [4.78, 5) is 16.1. The molecule has 1 aromatic heterocycles. The van der Waals surface area contributed by atoms with Crippen LogP contribution in [0.2, 0.25) is 5.02 Å². The molecule has 0 unspecified atom stereocenters. The van der Waals surface area contributed by atoms with E-state index in [2.05, 4.69) is 15.6 Å². The predicted molar refractivity (Wildman–Crippen MR) is 74.2 cm³/mol. The molecule has 4 nitrogen and oxygen atoms in total. The first-order valence-electron chi connectivity index (χ1n) is 5.77. The van der Waals surface area contributed by atoms with Crippen LogP contribution in [-0.4, -0.2) is 24.0 Å². The minimum absolute atomic E-state index is 0.0339. The van der Waals surface area contributed by atoms with Crippen LogP contribution >= 0.6 is 22.9 Å². The summed E-state index contributed by atoms with van der Waals surface area (Å²) in [6.07, 6.45) is 0.559. The summed E-state index contributed by atoms with van der Waals surface area (Å²) in [7, 11) is 0. The molecular weight excluding hydrogens is 270 g/mol. The van der Waals surface area contributed by atoms with E-state index in [0.717, 1.165) is 23.3 Å². The van der Waals surface area contributed by atoms with E-state index >= 15 is 0 Å². The van der Waals surface area contributed by atoms with Gasteiger partial charge in [0, 0.05) is 11.4 Å². The number of nitrogens with zero attached hydrogens (tertiary/aromatic N) is 1. The van der Waals surface area contributed by atoms with Gasteiger partial charge in [-0.15, -0.1) is 0 Å². The molecule has 18 heavy (non-hydrogen) atoms. The van der Waals surface area contributed by atoms with Gasteiger partial charge in [0.25, 0.3) is 0 Å². The zero-order valence-corrected chi connectivity index (χ0v) is 11.1. The largest absolute Gasteiger partial charge is 0.316 e. The summed E-state index contributed by atoms with van der Waals surface area (Å²) in [6, 6.07) is 5.52. The van der Waals surface area contributed by atoms with Gasteiger partial charge in [-0.1, -0.05) is 22.9 Å². The standard InChI is InChI=1S/C12H12ClN3OS/c13-8-1-2-9-10(4-8)18-12(15-9)16-11(17)3-7-5-14-6-7/h1-2,4,7,14H,3,5-6H2,(H,15,16,17). The van der Waals surface area contributed by atoms with E-state index in [1.807, 2.05) is 12.1 Å². The molecular formula is C12H12ClN3OS. The number of halogens is 1. The van der Waals surface area contributed by atoms with Gasteiger partial charge >= 0.3 is 0 Å². The Balaban J connectivity index is 1.71. The van der Waals surface area contributed by atoms with E-state index < -0.39 is 0 Å². The Morgan fingerprint density at radius 2 is 2.39 bits per heavy atom. The number of amides is 1. The van der Waals surface area contributed by atoms with Gasteiger partial charge in [0.2, 0.25) is 5.91 Å². The SMILES string of the molecule is O=C(CC1CNC1)Nc1nc2ccc(Cl)cc2s1. The highest BCUT2D eigenvalue weighted by Gasteiger charge is 2.20. The predicted octanol–water partition coefficient (Wildman–Crippen LogP) is 2.50. The van der Waals surface area contributed by atoms with E-state index in [1.54, 1.807) is 6.07 Å². The molecule has 2 heterocycles. The third-order valence-electron chi connectivity index (χ3n) is 2.94. The highest BCUT2D eigenvalue weighted by molar-refractivity contribution is 7.22. The maximum Gasteiger partial charge on any atom is 0.226 e. The fourth-order valence-electron chi connectivity index (χ4n) is 1.88. The van der Waals surface area contributed by atoms with Crippen molar-refractivity contribution in [2.45, 2.75) is 6.42 Å². The molecule has 1 saturated heterocycles. The van der Waals surface area contributed by atoms with Gasteiger partial charge in [0.15, 0.2) is 5.13 Å². The Bertz CT molecular complexity index is 594. The summed E-state index contributed by atoms with van der Waals surface area (Å²) < 4.78 is 0.989. The summed E-state index contributed by atoms with van der Waals surface area (Å²) >= 11 is 7.36. The van der Waals surface area contributed by atoms with Crippen LogP contribution in [0.5, 0.6) is 0 Å². The number of hydrogen-bond donors (Lipinski definition) is 2. The fraction of sp³-hybridized carbons (Fsp3) is 0.333. The minimum atomic E-state index is 0.0339. The Morgan fingerprint density at radius 3 is 3.11 bits per heavy atom. The molecule has 0 aliphatic carbocycles. The molecule has 3 rings (SSSR count). The molecule has 0 radical (unpaired) electrons. The van der Waals surface area contributed by atoms with E-state index in [4.69, 9.17) is 11.6 Å². The summed E-state index contributed by atoms with van der Waals surface area (Å²) in [6.45, 7) is 1.87. The lowest BCUT2D eigenvalue weighted by Crippen LogP contribution is -2.43.